The van der Waals surface area contributed by atoms with Crippen molar-refractivity contribution in [3.05, 3.63) is 65.2 Å². The Hall–Kier alpha value is -4.63. The Morgan fingerprint density at radius 1 is 0.881 bits per heavy atom. The van der Waals surface area contributed by atoms with Crippen molar-refractivity contribution in [3.8, 4) is 5.75 Å². The first-order valence-electron chi connectivity index (χ1n) is 12.1. The summed E-state index contributed by atoms with van der Waals surface area (Å²) < 4.78 is 83.2. The van der Waals surface area contributed by atoms with E-state index in [1.54, 1.807) is 30.3 Å². The molecular formula is C26H23F6N3O7. The molecule has 226 valence electrons. The summed E-state index contributed by atoms with van der Waals surface area (Å²) in [6.07, 6.45) is -11.4. The second-order valence-corrected chi connectivity index (χ2v) is 9.20. The van der Waals surface area contributed by atoms with Crippen LogP contribution in [0, 0.1) is 0 Å². The lowest BCUT2D eigenvalue weighted by Gasteiger charge is -2.33. The first-order chi connectivity index (χ1) is 19.5. The Kier molecular flexibility index (Phi) is 9.80. The van der Waals surface area contributed by atoms with Gasteiger partial charge in [0.2, 0.25) is 17.7 Å². The number of carbonyl (C=O) groups excluding carboxylic acids is 4. The summed E-state index contributed by atoms with van der Waals surface area (Å²) in [5.41, 5.74) is -2.63. The highest BCUT2D eigenvalue weighted by Crippen LogP contribution is 2.38. The molecule has 0 aliphatic carbocycles. The molecule has 1 aliphatic heterocycles. The van der Waals surface area contributed by atoms with Crippen molar-refractivity contribution in [2.75, 3.05) is 26.2 Å². The second-order valence-electron chi connectivity index (χ2n) is 9.20. The number of benzene rings is 2. The number of nitrogens with zero attached hydrogens (tertiary/aromatic N) is 2. The molecule has 0 radical (unpaired) electrons. The maximum absolute atomic E-state index is 13.1. The predicted octanol–water partition coefficient (Wildman–Crippen LogP) is 2.50. The summed E-state index contributed by atoms with van der Waals surface area (Å²) in [5, 5.41) is 11.2. The van der Waals surface area contributed by atoms with Crippen LogP contribution in [0.15, 0.2) is 48.5 Å². The van der Waals surface area contributed by atoms with Crippen LogP contribution < -0.4 is 10.1 Å². The van der Waals surface area contributed by atoms with E-state index >= 15 is 0 Å². The largest absolute Gasteiger partial charge is 0.486 e. The van der Waals surface area contributed by atoms with Gasteiger partial charge in [-0.1, -0.05) is 30.3 Å². The van der Waals surface area contributed by atoms with Crippen LogP contribution in [0.25, 0.3) is 0 Å². The molecule has 16 heteroatoms. The van der Waals surface area contributed by atoms with Gasteiger partial charge in [0, 0.05) is 6.54 Å². The second kappa shape index (κ2) is 12.9. The standard InChI is InChI=1S/C26H23F6N3O7/c27-25(28,29)16-6-17(26(30,31)32)8-18(7-16)42-14-20(36)19(9-24(40)41)33-21(37)11-35-13-22(38)34(12-23(35)39)10-15-4-2-1-3-5-15/h1-8,19H,9-14H2,(H,33,37)(H,40,41)/t19-/m0/s1. The van der Waals surface area contributed by atoms with Crippen molar-refractivity contribution in [1.82, 2.24) is 15.1 Å². The number of halogens is 6. The van der Waals surface area contributed by atoms with Crippen LogP contribution in [0.3, 0.4) is 0 Å². The number of ketones is 1. The van der Waals surface area contributed by atoms with E-state index in [-0.39, 0.29) is 31.3 Å². The van der Waals surface area contributed by atoms with Crippen LogP contribution in [0.1, 0.15) is 23.1 Å². The lowest BCUT2D eigenvalue weighted by atomic mass is 10.1. The maximum atomic E-state index is 13.1. The molecule has 1 fully saturated rings. The molecule has 2 aromatic carbocycles. The topological polar surface area (TPSA) is 133 Å². The molecule has 0 bridgehead atoms. The molecule has 3 amide bonds. The summed E-state index contributed by atoms with van der Waals surface area (Å²) in [4.78, 5) is 63.6. The van der Waals surface area contributed by atoms with Crippen molar-refractivity contribution in [1.29, 1.82) is 0 Å². The maximum Gasteiger partial charge on any atom is 0.416 e. The van der Waals surface area contributed by atoms with Gasteiger partial charge in [-0.05, 0) is 23.8 Å². The number of carboxylic acids is 1. The minimum absolute atomic E-state index is 0.143. The average molecular weight is 603 g/mol. The fraction of sp³-hybridized carbons (Fsp3) is 0.346. The molecule has 3 rings (SSSR count). The fourth-order valence-corrected chi connectivity index (χ4v) is 3.89. The van der Waals surface area contributed by atoms with E-state index < -0.39 is 90.9 Å². The molecule has 1 saturated heterocycles. The number of hydrogen-bond acceptors (Lipinski definition) is 6. The van der Waals surface area contributed by atoms with Gasteiger partial charge in [0.25, 0.3) is 0 Å². The Morgan fingerprint density at radius 3 is 1.98 bits per heavy atom. The van der Waals surface area contributed by atoms with Crippen molar-refractivity contribution in [2.45, 2.75) is 31.4 Å². The Bertz CT molecular complexity index is 1320. The zero-order valence-electron chi connectivity index (χ0n) is 21.5. The van der Waals surface area contributed by atoms with Crippen LogP contribution in [0.4, 0.5) is 26.3 Å². The molecule has 2 N–H and O–H groups in total. The number of piperazine rings is 1. The third kappa shape index (κ3) is 8.94. The van der Waals surface area contributed by atoms with Crippen LogP contribution >= 0.6 is 0 Å². The molecule has 10 nitrogen and oxygen atoms in total. The highest BCUT2D eigenvalue weighted by molar-refractivity contribution is 5.97. The summed E-state index contributed by atoms with van der Waals surface area (Å²) >= 11 is 0. The monoisotopic (exact) mass is 603 g/mol. The molecule has 0 unspecified atom stereocenters. The van der Waals surface area contributed by atoms with Crippen LogP contribution in [0.2, 0.25) is 0 Å². The normalized spacial score (nSPS) is 14.9. The third-order valence-corrected chi connectivity index (χ3v) is 5.95. The van der Waals surface area contributed by atoms with Gasteiger partial charge in [-0.15, -0.1) is 0 Å². The van der Waals surface area contributed by atoms with Gasteiger partial charge in [0.05, 0.1) is 17.5 Å². The smallest absolute Gasteiger partial charge is 0.416 e. The van der Waals surface area contributed by atoms with E-state index in [9.17, 15) is 50.3 Å². The molecule has 1 atom stereocenters. The number of Topliss-reactive ketones (excluding diaryl/α,β-unsaturated/α-hetero) is 1. The quantitative estimate of drug-likeness (QED) is 0.377. The van der Waals surface area contributed by atoms with E-state index in [4.69, 9.17) is 9.84 Å². The predicted molar refractivity (Wildman–Crippen MR) is 130 cm³/mol. The number of ether oxygens (including phenoxy) is 1. The van der Waals surface area contributed by atoms with Crippen LogP contribution in [-0.4, -0.2) is 76.7 Å². The average Bonchev–Trinajstić information content (AvgIpc) is 2.89. The zero-order valence-corrected chi connectivity index (χ0v) is 21.5. The molecule has 0 aromatic heterocycles. The number of carboxylic acid groups (broad SMARTS) is 1. The van der Waals surface area contributed by atoms with E-state index in [2.05, 4.69) is 5.32 Å². The Balaban J connectivity index is 1.63. The van der Waals surface area contributed by atoms with E-state index in [0.717, 1.165) is 10.5 Å². The molecule has 42 heavy (non-hydrogen) atoms. The van der Waals surface area contributed by atoms with Crippen LogP contribution in [0.5, 0.6) is 5.75 Å². The SMILES string of the molecule is O=C(O)C[C@H](NC(=O)CN1CC(=O)N(Cc2ccccc2)CC1=O)C(=O)COc1cc(C(F)(F)F)cc(C(F)(F)F)c1. The van der Waals surface area contributed by atoms with Crippen molar-refractivity contribution < 1.29 is 60.2 Å². The molecule has 2 aromatic rings. The number of rotatable bonds is 11. The van der Waals surface area contributed by atoms with E-state index in [0.29, 0.717) is 0 Å². The third-order valence-electron chi connectivity index (χ3n) is 5.95. The first kappa shape index (κ1) is 31.9. The molecule has 1 heterocycles. The van der Waals surface area contributed by atoms with Gasteiger partial charge in [-0.3, -0.25) is 24.0 Å². The fourth-order valence-electron chi connectivity index (χ4n) is 3.89. The molecule has 1 aliphatic rings. The molecular weight excluding hydrogens is 580 g/mol. The van der Waals surface area contributed by atoms with Crippen molar-refractivity contribution in [2.24, 2.45) is 0 Å². The summed E-state index contributed by atoms with van der Waals surface area (Å²) in [6, 6.07) is 7.29. The number of alkyl halides is 6. The van der Waals surface area contributed by atoms with Gasteiger partial charge in [0.15, 0.2) is 5.78 Å². The highest BCUT2D eigenvalue weighted by Gasteiger charge is 2.37. The first-order valence-corrected chi connectivity index (χ1v) is 12.1. The molecule has 0 spiro atoms. The highest BCUT2D eigenvalue weighted by atomic mass is 19.4. The van der Waals surface area contributed by atoms with Crippen molar-refractivity contribution >= 4 is 29.5 Å². The number of aliphatic carboxylic acids is 1. The summed E-state index contributed by atoms with van der Waals surface area (Å²) in [6.45, 7) is -2.58. The summed E-state index contributed by atoms with van der Waals surface area (Å²) in [5.74, 6) is -5.85. The number of amides is 3. The van der Waals surface area contributed by atoms with E-state index in [1.165, 1.54) is 4.90 Å². The number of hydrogen-bond donors (Lipinski definition) is 2. The Morgan fingerprint density at radius 2 is 1.43 bits per heavy atom. The Labute approximate surface area is 233 Å². The summed E-state index contributed by atoms with van der Waals surface area (Å²) in [7, 11) is 0. The minimum Gasteiger partial charge on any atom is -0.486 e. The van der Waals surface area contributed by atoms with Crippen molar-refractivity contribution in [3.63, 3.8) is 0 Å². The van der Waals surface area contributed by atoms with Crippen LogP contribution in [-0.2, 0) is 42.9 Å². The zero-order chi connectivity index (χ0) is 31.2. The minimum atomic E-state index is -5.17. The van der Waals surface area contributed by atoms with Gasteiger partial charge < -0.3 is 25.0 Å². The van der Waals surface area contributed by atoms with Gasteiger partial charge in [-0.2, -0.15) is 26.3 Å². The van der Waals surface area contributed by atoms with Gasteiger partial charge in [0.1, 0.15) is 38.0 Å². The van der Waals surface area contributed by atoms with Gasteiger partial charge >= 0.3 is 18.3 Å². The van der Waals surface area contributed by atoms with Gasteiger partial charge in [-0.25, -0.2) is 0 Å². The lowest BCUT2D eigenvalue weighted by Crippen LogP contribution is -2.56. The number of nitrogens with one attached hydrogen (secondary N) is 1. The molecule has 0 saturated carbocycles. The van der Waals surface area contributed by atoms with E-state index in [1.807, 2.05) is 0 Å². The lowest BCUT2D eigenvalue weighted by molar-refractivity contribution is -0.152. The number of carbonyl (C=O) groups is 5.